The zero-order valence-corrected chi connectivity index (χ0v) is 13.6. The number of ether oxygens (including phenoxy) is 2. The van der Waals surface area contributed by atoms with E-state index in [-0.39, 0.29) is 6.29 Å². The molecule has 0 bridgehead atoms. The molecule has 1 aliphatic carbocycles. The zero-order valence-electron chi connectivity index (χ0n) is 13.6. The largest absolute Gasteiger partial charge is 0.380 e. The van der Waals surface area contributed by atoms with Crippen molar-refractivity contribution in [2.45, 2.75) is 64.3 Å². The highest BCUT2D eigenvalue weighted by molar-refractivity contribution is 5.15. The lowest BCUT2D eigenvalue weighted by Gasteiger charge is -2.17. The molecule has 1 aliphatic heterocycles. The predicted molar refractivity (Wildman–Crippen MR) is 88.2 cm³/mol. The number of rotatable bonds is 5. The minimum atomic E-state index is -0.549. The molecule has 3 nitrogen and oxygen atoms in total. The molecule has 0 aromatic heterocycles. The van der Waals surface area contributed by atoms with Gasteiger partial charge in [-0.25, -0.2) is 0 Å². The third-order valence-electron chi connectivity index (χ3n) is 4.38. The SMILES string of the molecule is C=C1CCC(C)=CC[C@@H]1C[C@@H](O)C#CCCCC1OCCO1. The topological polar surface area (TPSA) is 38.7 Å². The van der Waals surface area contributed by atoms with Crippen LogP contribution in [0.5, 0.6) is 0 Å². The van der Waals surface area contributed by atoms with E-state index in [0.29, 0.717) is 25.6 Å². The molecular weight excluding hydrogens is 276 g/mol. The Balaban J connectivity index is 1.67. The first-order chi connectivity index (χ1) is 10.6. The average molecular weight is 304 g/mol. The first-order valence-corrected chi connectivity index (χ1v) is 8.38. The third kappa shape index (κ3) is 5.96. The molecule has 0 amide bonds. The molecule has 0 radical (unpaired) electrons. The minimum absolute atomic E-state index is 0.0453. The van der Waals surface area contributed by atoms with Gasteiger partial charge in [0.15, 0.2) is 6.29 Å². The fourth-order valence-electron chi connectivity index (χ4n) is 2.89. The summed E-state index contributed by atoms with van der Waals surface area (Å²) in [5.74, 6) is 6.41. The van der Waals surface area contributed by atoms with Crippen molar-refractivity contribution in [3.8, 4) is 11.8 Å². The van der Waals surface area contributed by atoms with E-state index >= 15 is 0 Å². The minimum Gasteiger partial charge on any atom is -0.380 e. The van der Waals surface area contributed by atoms with Crippen LogP contribution >= 0.6 is 0 Å². The predicted octanol–water partition coefficient (Wildman–Crippen LogP) is 3.59. The Labute approximate surface area is 134 Å². The average Bonchev–Trinajstić information content (AvgIpc) is 2.96. The normalized spacial score (nSPS) is 24.4. The summed E-state index contributed by atoms with van der Waals surface area (Å²) in [6.45, 7) is 7.75. The fourth-order valence-corrected chi connectivity index (χ4v) is 2.89. The van der Waals surface area contributed by atoms with Crippen LogP contribution in [0.4, 0.5) is 0 Å². The second-order valence-electron chi connectivity index (χ2n) is 6.28. The van der Waals surface area contributed by atoms with Gasteiger partial charge in [0.25, 0.3) is 0 Å². The molecule has 2 rings (SSSR count). The quantitative estimate of drug-likeness (QED) is 0.479. The lowest BCUT2D eigenvalue weighted by Crippen LogP contribution is -2.12. The van der Waals surface area contributed by atoms with E-state index in [0.717, 1.165) is 38.5 Å². The van der Waals surface area contributed by atoms with E-state index in [1.165, 1.54) is 11.1 Å². The van der Waals surface area contributed by atoms with Gasteiger partial charge in [0.2, 0.25) is 0 Å². The van der Waals surface area contributed by atoms with Gasteiger partial charge in [0.05, 0.1) is 13.2 Å². The van der Waals surface area contributed by atoms with Gasteiger partial charge in [-0.1, -0.05) is 29.7 Å². The molecule has 1 saturated heterocycles. The van der Waals surface area contributed by atoms with E-state index in [1.807, 2.05) is 0 Å². The molecular formula is C19H28O3. The lowest BCUT2D eigenvalue weighted by atomic mass is 9.90. The van der Waals surface area contributed by atoms with Gasteiger partial charge in [0, 0.05) is 6.42 Å². The van der Waals surface area contributed by atoms with Crippen LogP contribution in [0.15, 0.2) is 23.8 Å². The molecule has 0 aromatic carbocycles. The summed E-state index contributed by atoms with van der Waals surface area (Å²) in [5, 5.41) is 10.1. The maximum Gasteiger partial charge on any atom is 0.157 e. The number of hydrogen-bond donors (Lipinski definition) is 1. The number of aliphatic hydroxyl groups excluding tert-OH is 1. The van der Waals surface area contributed by atoms with Crippen LogP contribution in [0.1, 0.15) is 51.9 Å². The Morgan fingerprint density at radius 2 is 2.14 bits per heavy atom. The van der Waals surface area contributed by atoms with Gasteiger partial charge < -0.3 is 14.6 Å². The van der Waals surface area contributed by atoms with Crippen molar-refractivity contribution < 1.29 is 14.6 Å². The molecule has 2 aliphatic rings. The van der Waals surface area contributed by atoms with Crippen molar-refractivity contribution in [2.75, 3.05) is 13.2 Å². The molecule has 1 fully saturated rings. The molecule has 3 heteroatoms. The first-order valence-electron chi connectivity index (χ1n) is 8.38. The number of allylic oxidation sites excluding steroid dienone is 3. The van der Waals surface area contributed by atoms with Gasteiger partial charge in [0.1, 0.15) is 6.10 Å². The molecule has 0 unspecified atom stereocenters. The summed E-state index contributed by atoms with van der Waals surface area (Å²) in [7, 11) is 0. The molecule has 0 aromatic rings. The summed E-state index contributed by atoms with van der Waals surface area (Å²) < 4.78 is 10.8. The zero-order chi connectivity index (χ0) is 15.8. The smallest absolute Gasteiger partial charge is 0.157 e. The van der Waals surface area contributed by atoms with Gasteiger partial charge in [-0.3, -0.25) is 0 Å². The van der Waals surface area contributed by atoms with Crippen LogP contribution in [-0.2, 0) is 9.47 Å². The van der Waals surface area contributed by atoms with Crippen molar-refractivity contribution in [3.05, 3.63) is 23.8 Å². The fraction of sp³-hybridized carbons (Fsp3) is 0.684. The Kier molecular flexibility index (Phi) is 7.18. The highest BCUT2D eigenvalue weighted by atomic mass is 16.7. The molecule has 1 N–H and O–H groups in total. The van der Waals surface area contributed by atoms with Crippen LogP contribution in [-0.4, -0.2) is 30.7 Å². The highest BCUT2D eigenvalue weighted by Crippen LogP contribution is 2.29. The second-order valence-corrected chi connectivity index (χ2v) is 6.28. The van der Waals surface area contributed by atoms with Crippen LogP contribution < -0.4 is 0 Å². The van der Waals surface area contributed by atoms with Crippen molar-refractivity contribution in [1.29, 1.82) is 0 Å². The highest BCUT2D eigenvalue weighted by Gasteiger charge is 2.18. The van der Waals surface area contributed by atoms with Crippen molar-refractivity contribution >= 4 is 0 Å². The summed E-state index contributed by atoms with van der Waals surface area (Å²) in [5.41, 5.74) is 2.69. The molecule has 22 heavy (non-hydrogen) atoms. The van der Waals surface area contributed by atoms with Crippen LogP contribution in [0.3, 0.4) is 0 Å². The number of hydrogen-bond acceptors (Lipinski definition) is 3. The Morgan fingerprint density at radius 3 is 2.91 bits per heavy atom. The van der Waals surface area contributed by atoms with Gasteiger partial charge in [-0.2, -0.15) is 0 Å². The van der Waals surface area contributed by atoms with E-state index in [2.05, 4.69) is 31.4 Å². The maximum absolute atomic E-state index is 10.1. The standard InChI is InChI=1S/C19H28O3/c1-15-8-10-16(2)17(11-9-15)14-18(20)6-4-3-5-7-19-21-12-13-22-19/h9,17-20H,2-3,5,7-8,10-14H2,1H3/t17-,18+/m1/s1. The monoisotopic (exact) mass is 304 g/mol. The first kappa shape index (κ1) is 17.3. The van der Waals surface area contributed by atoms with Gasteiger partial charge in [-0.05, 0) is 51.4 Å². The van der Waals surface area contributed by atoms with Crippen molar-refractivity contribution in [2.24, 2.45) is 5.92 Å². The van der Waals surface area contributed by atoms with E-state index in [9.17, 15) is 5.11 Å². The molecule has 1 heterocycles. The Morgan fingerprint density at radius 1 is 1.36 bits per heavy atom. The molecule has 2 atom stereocenters. The van der Waals surface area contributed by atoms with Crippen LogP contribution in [0, 0.1) is 17.8 Å². The summed E-state index contributed by atoms with van der Waals surface area (Å²) in [6.07, 6.45) is 8.12. The van der Waals surface area contributed by atoms with E-state index < -0.39 is 6.10 Å². The summed E-state index contributed by atoms with van der Waals surface area (Å²) >= 11 is 0. The lowest BCUT2D eigenvalue weighted by molar-refractivity contribution is -0.0474. The van der Waals surface area contributed by atoms with Gasteiger partial charge >= 0.3 is 0 Å². The third-order valence-corrected chi connectivity index (χ3v) is 4.38. The maximum atomic E-state index is 10.1. The Hall–Kier alpha value is -1.08. The summed E-state index contributed by atoms with van der Waals surface area (Å²) in [4.78, 5) is 0. The van der Waals surface area contributed by atoms with E-state index in [1.54, 1.807) is 0 Å². The number of aliphatic hydroxyl groups is 1. The van der Waals surface area contributed by atoms with Crippen molar-refractivity contribution in [1.82, 2.24) is 0 Å². The van der Waals surface area contributed by atoms with E-state index in [4.69, 9.17) is 9.47 Å². The molecule has 122 valence electrons. The van der Waals surface area contributed by atoms with Crippen molar-refractivity contribution in [3.63, 3.8) is 0 Å². The van der Waals surface area contributed by atoms with Crippen LogP contribution in [0.2, 0.25) is 0 Å². The number of unbranched alkanes of at least 4 members (excludes halogenated alkanes) is 1. The second kappa shape index (κ2) is 9.15. The van der Waals surface area contributed by atoms with Crippen LogP contribution in [0.25, 0.3) is 0 Å². The summed E-state index contributed by atoms with van der Waals surface area (Å²) in [6, 6.07) is 0. The van der Waals surface area contributed by atoms with Gasteiger partial charge in [-0.15, -0.1) is 5.92 Å². The molecule has 0 saturated carbocycles. The molecule has 0 spiro atoms. The Bertz CT molecular complexity index is 449.